The van der Waals surface area contributed by atoms with E-state index in [-0.39, 0.29) is 23.1 Å². The molecule has 1 aliphatic rings. The summed E-state index contributed by atoms with van der Waals surface area (Å²) in [4.78, 5) is 0. The molecule has 0 amide bonds. The van der Waals surface area contributed by atoms with Crippen molar-refractivity contribution in [2.45, 2.75) is 83.3 Å². The zero-order valence-corrected chi connectivity index (χ0v) is 14.8. The van der Waals surface area contributed by atoms with Gasteiger partial charge in [0.05, 0.1) is 20.6 Å². The Morgan fingerprint density at radius 1 is 0.947 bits per heavy atom. The normalized spacial score (nSPS) is 24.0. The van der Waals surface area contributed by atoms with Gasteiger partial charge in [0.1, 0.15) is 12.1 Å². The summed E-state index contributed by atoms with van der Waals surface area (Å²) in [7, 11) is 4.62. The van der Waals surface area contributed by atoms with Crippen molar-refractivity contribution in [2.75, 3.05) is 20.6 Å². The second-order valence-corrected chi connectivity index (χ2v) is 6.69. The highest BCUT2D eigenvalue weighted by Gasteiger charge is 2.35. The summed E-state index contributed by atoms with van der Waals surface area (Å²) in [6.45, 7) is 3.50. The van der Waals surface area contributed by atoms with Crippen LogP contribution in [-0.4, -0.2) is 42.4 Å². The van der Waals surface area contributed by atoms with Crippen LogP contribution in [0.25, 0.3) is 0 Å². The number of aliphatic hydroxyl groups is 1. The third-order valence-corrected chi connectivity index (χ3v) is 4.68. The Morgan fingerprint density at radius 3 is 2.16 bits per heavy atom. The van der Waals surface area contributed by atoms with Gasteiger partial charge < -0.3 is 26.6 Å². The van der Waals surface area contributed by atoms with Crippen LogP contribution in [0.15, 0.2) is 0 Å². The lowest BCUT2D eigenvalue weighted by molar-refractivity contribution is -0.920. The summed E-state index contributed by atoms with van der Waals surface area (Å²) >= 11 is 0. The Hall–Kier alpha value is 0.400. The maximum atomic E-state index is 10.2. The van der Waals surface area contributed by atoms with Crippen molar-refractivity contribution < 1.29 is 26.6 Å². The van der Waals surface area contributed by atoms with E-state index in [0.29, 0.717) is 6.04 Å². The highest BCUT2D eigenvalue weighted by Crippen LogP contribution is 2.26. The van der Waals surface area contributed by atoms with E-state index in [1.807, 2.05) is 0 Å². The average Bonchev–Trinajstić information content (AvgIpc) is 2.34. The van der Waals surface area contributed by atoms with E-state index >= 15 is 0 Å². The summed E-state index contributed by atoms with van der Waals surface area (Å²) < 4.78 is 1.02. The maximum absolute atomic E-state index is 10.2. The van der Waals surface area contributed by atoms with Crippen LogP contribution in [-0.2, 0) is 0 Å². The minimum atomic E-state index is -0.0613. The average molecular weight is 336 g/mol. The van der Waals surface area contributed by atoms with E-state index in [1.54, 1.807) is 0 Å². The number of hydrogen-bond acceptors (Lipinski definition) is 1. The molecule has 0 aliphatic heterocycles. The van der Waals surface area contributed by atoms with Gasteiger partial charge in [-0.1, -0.05) is 39.0 Å². The third kappa shape index (κ3) is 7.10. The Kier molecular flexibility index (Phi) is 10.4. The minimum absolute atomic E-state index is 0. The smallest absolute Gasteiger partial charge is 0.115 e. The van der Waals surface area contributed by atoms with Crippen molar-refractivity contribution in [1.82, 2.24) is 0 Å². The zero-order chi connectivity index (χ0) is 13.4. The molecule has 0 heterocycles. The lowest BCUT2D eigenvalue weighted by atomic mass is 9.90. The summed E-state index contributed by atoms with van der Waals surface area (Å²) in [6.07, 6.45) is 12.9. The Labute approximate surface area is 130 Å². The summed E-state index contributed by atoms with van der Waals surface area (Å²) in [6, 6.07) is 0.481. The monoisotopic (exact) mass is 335 g/mol. The molecule has 0 aromatic rings. The molecular weight excluding hydrogens is 302 g/mol. The van der Waals surface area contributed by atoms with E-state index in [1.165, 1.54) is 64.3 Å². The van der Waals surface area contributed by atoms with Crippen LogP contribution >= 0.6 is 0 Å². The second kappa shape index (κ2) is 10.2. The number of unbranched alkanes of at least 4 members (excludes halogenated alkanes) is 5. The van der Waals surface area contributed by atoms with Crippen molar-refractivity contribution in [3.8, 4) is 0 Å². The molecule has 1 N–H and O–H groups in total. The lowest BCUT2D eigenvalue weighted by Gasteiger charge is -2.42. The Morgan fingerprint density at radius 2 is 1.53 bits per heavy atom. The highest BCUT2D eigenvalue weighted by atomic mass is 79.9. The van der Waals surface area contributed by atoms with E-state index < -0.39 is 0 Å². The first kappa shape index (κ1) is 19.4. The van der Waals surface area contributed by atoms with E-state index in [0.717, 1.165) is 10.9 Å². The van der Waals surface area contributed by atoms with Crippen LogP contribution in [0.5, 0.6) is 0 Å². The Balaban J connectivity index is 0.00000324. The van der Waals surface area contributed by atoms with Crippen LogP contribution in [0, 0.1) is 0 Å². The fraction of sp³-hybridized carbons (Fsp3) is 1.00. The first-order valence-corrected chi connectivity index (χ1v) is 8.08. The van der Waals surface area contributed by atoms with Crippen LogP contribution in [0.4, 0.5) is 0 Å². The fourth-order valence-electron chi connectivity index (χ4n) is 3.37. The number of likely N-dealkylation sites (N-methyl/N-ethyl adjacent to an activating group) is 1. The predicted molar refractivity (Wildman–Crippen MR) is 78.6 cm³/mol. The predicted octanol–water partition coefficient (Wildman–Crippen LogP) is 0.731. The van der Waals surface area contributed by atoms with Crippen molar-refractivity contribution in [1.29, 1.82) is 0 Å². The maximum Gasteiger partial charge on any atom is 0.115 e. The standard InChI is InChI=1S/C16H34NO.BrH/c1-4-5-6-7-8-11-14-17(2,3)15-12-9-10-13-16(15)18;/h15-16,18H,4-14H2,1-3H3;1H/q+1;/p-1. The molecule has 0 saturated heterocycles. The molecule has 1 aliphatic carbocycles. The van der Waals surface area contributed by atoms with Gasteiger partial charge in [-0.2, -0.15) is 0 Å². The molecule has 0 aromatic carbocycles. The first-order valence-electron chi connectivity index (χ1n) is 8.08. The Bertz CT molecular complexity index is 221. The summed E-state index contributed by atoms with van der Waals surface area (Å²) in [5, 5.41) is 10.2. The molecule has 0 radical (unpaired) electrons. The van der Waals surface area contributed by atoms with Gasteiger partial charge in [-0.05, 0) is 25.7 Å². The van der Waals surface area contributed by atoms with Crippen LogP contribution in [0.2, 0.25) is 0 Å². The highest BCUT2D eigenvalue weighted by molar-refractivity contribution is 4.75. The van der Waals surface area contributed by atoms with Gasteiger partial charge in [-0.15, -0.1) is 0 Å². The van der Waals surface area contributed by atoms with Gasteiger partial charge in [0.15, 0.2) is 0 Å². The molecule has 3 heteroatoms. The minimum Gasteiger partial charge on any atom is -1.00 e. The quantitative estimate of drug-likeness (QED) is 0.512. The number of rotatable bonds is 8. The largest absolute Gasteiger partial charge is 1.00 e. The molecule has 0 spiro atoms. The number of halogens is 1. The van der Waals surface area contributed by atoms with Crippen molar-refractivity contribution in [3.05, 3.63) is 0 Å². The fourth-order valence-corrected chi connectivity index (χ4v) is 3.37. The molecule has 1 fully saturated rings. The molecule has 2 nitrogen and oxygen atoms in total. The number of aliphatic hydroxyl groups excluding tert-OH is 1. The van der Waals surface area contributed by atoms with Crippen LogP contribution in [0.3, 0.4) is 0 Å². The van der Waals surface area contributed by atoms with E-state index in [9.17, 15) is 5.11 Å². The van der Waals surface area contributed by atoms with Gasteiger partial charge in [0.2, 0.25) is 0 Å². The third-order valence-electron chi connectivity index (χ3n) is 4.68. The SMILES string of the molecule is CCCCCCCC[N+](C)(C)C1CCCCC1O.[Br-]. The summed E-state index contributed by atoms with van der Waals surface area (Å²) in [5.74, 6) is 0. The molecule has 1 rings (SSSR count). The second-order valence-electron chi connectivity index (χ2n) is 6.69. The molecule has 1 saturated carbocycles. The van der Waals surface area contributed by atoms with Gasteiger partial charge in [0.25, 0.3) is 0 Å². The van der Waals surface area contributed by atoms with Crippen LogP contribution in [0.1, 0.15) is 71.1 Å². The molecule has 19 heavy (non-hydrogen) atoms. The topological polar surface area (TPSA) is 20.2 Å². The first-order chi connectivity index (χ1) is 8.58. The van der Waals surface area contributed by atoms with Crippen molar-refractivity contribution in [2.24, 2.45) is 0 Å². The van der Waals surface area contributed by atoms with Gasteiger partial charge >= 0.3 is 0 Å². The van der Waals surface area contributed by atoms with Crippen molar-refractivity contribution in [3.63, 3.8) is 0 Å². The molecule has 2 atom stereocenters. The van der Waals surface area contributed by atoms with Gasteiger partial charge in [-0.25, -0.2) is 0 Å². The molecule has 0 bridgehead atoms. The lowest BCUT2D eigenvalue weighted by Crippen LogP contribution is -3.00. The molecular formula is C16H34BrNO. The van der Waals surface area contributed by atoms with Crippen molar-refractivity contribution >= 4 is 0 Å². The zero-order valence-electron chi connectivity index (χ0n) is 13.2. The van der Waals surface area contributed by atoms with Gasteiger partial charge in [-0.3, -0.25) is 0 Å². The summed E-state index contributed by atoms with van der Waals surface area (Å²) in [5.41, 5.74) is 0. The van der Waals surface area contributed by atoms with Gasteiger partial charge in [0, 0.05) is 6.42 Å². The number of nitrogens with zero attached hydrogens (tertiary/aromatic N) is 1. The molecule has 0 aromatic heterocycles. The number of quaternary nitrogens is 1. The molecule has 2 unspecified atom stereocenters. The number of hydrogen-bond donors (Lipinski definition) is 1. The van der Waals surface area contributed by atoms with Crippen LogP contribution < -0.4 is 17.0 Å². The molecule has 116 valence electrons. The van der Waals surface area contributed by atoms with E-state index in [4.69, 9.17) is 0 Å². The van der Waals surface area contributed by atoms with E-state index in [2.05, 4.69) is 21.0 Å².